The molecule has 0 bridgehead atoms. The van der Waals surface area contributed by atoms with E-state index in [1.807, 2.05) is 0 Å². The Labute approximate surface area is 84.3 Å². The number of hydrogen-bond donors (Lipinski definition) is 1. The molecule has 1 N–H and O–H groups in total. The minimum atomic E-state index is 0.647. The van der Waals surface area contributed by atoms with Gasteiger partial charge in [0.05, 0.1) is 0 Å². The Balaban J connectivity index is 3.83. The highest BCUT2D eigenvalue weighted by Crippen LogP contribution is 2.12. The van der Waals surface area contributed by atoms with E-state index in [1.54, 1.807) is 0 Å². The third-order valence-corrected chi connectivity index (χ3v) is 3.52. The van der Waals surface area contributed by atoms with Crippen molar-refractivity contribution in [3.8, 4) is 0 Å². The molecule has 0 saturated carbocycles. The van der Waals surface area contributed by atoms with Crippen LogP contribution >= 0.6 is 0 Å². The largest absolute Gasteiger partial charge is 0.311 e. The fraction of sp³-hybridized carbons (Fsp3) is 1.00. The molecule has 4 atom stereocenters. The van der Waals surface area contributed by atoms with Gasteiger partial charge in [-0.15, -0.1) is 0 Å². The zero-order valence-corrected chi connectivity index (χ0v) is 10.2. The van der Waals surface area contributed by atoms with Gasteiger partial charge >= 0.3 is 0 Å². The molecular weight excluding hydrogens is 158 g/mol. The second-order valence-electron chi connectivity index (χ2n) is 4.52. The molecule has 0 radical (unpaired) electrons. The lowest BCUT2D eigenvalue weighted by atomic mass is 9.96. The summed E-state index contributed by atoms with van der Waals surface area (Å²) in [5.41, 5.74) is 0. The topological polar surface area (TPSA) is 12.0 Å². The first-order valence-corrected chi connectivity index (χ1v) is 5.78. The van der Waals surface area contributed by atoms with Crippen LogP contribution in [0.4, 0.5) is 0 Å². The van der Waals surface area contributed by atoms with Crippen LogP contribution in [-0.2, 0) is 0 Å². The normalized spacial score (nSPS) is 20.8. The van der Waals surface area contributed by atoms with Crippen molar-refractivity contribution >= 4 is 0 Å². The molecular formula is C12H27N. The minimum absolute atomic E-state index is 0.647. The van der Waals surface area contributed by atoms with Crippen LogP contribution in [0.15, 0.2) is 0 Å². The van der Waals surface area contributed by atoms with Crippen molar-refractivity contribution in [1.29, 1.82) is 0 Å². The lowest BCUT2D eigenvalue weighted by Gasteiger charge is -2.27. The molecule has 0 aromatic heterocycles. The van der Waals surface area contributed by atoms with Crippen LogP contribution in [0.2, 0.25) is 0 Å². The maximum atomic E-state index is 3.68. The first-order chi connectivity index (χ1) is 6.02. The quantitative estimate of drug-likeness (QED) is 0.668. The average Bonchev–Trinajstić information content (AvgIpc) is 2.14. The summed E-state index contributed by atoms with van der Waals surface area (Å²) in [4.78, 5) is 0. The van der Waals surface area contributed by atoms with Gasteiger partial charge in [0.1, 0.15) is 0 Å². The molecule has 4 unspecified atom stereocenters. The first-order valence-electron chi connectivity index (χ1n) is 5.78. The Hall–Kier alpha value is -0.0400. The monoisotopic (exact) mass is 185 g/mol. The highest BCUT2D eigenvalue weighted by atomic mass is 14.9. The van der Waals surface area contributed by atoms with Gasteiger partial charge in [0.15, 0.2) is 0 Å². The SMILES string of the molecule is CCC(C)C(C)NC(C)C(C)CC. The smallest absolute Gasteiger partial charge is 0.00668 e. The van der Waals surface area contributed by atoms with Crippen LogP contribution in [0, 0.1) is 11.8 Å². The Kier molecular flexibility index (Phi) is 6.40. The molecule has 0 aromatic carbocycles. The molecule has 0 spiro atoms. The molecule has 0 aliphatic heterocycles. The molecule has 0 amide bonds. The van der Waals surface area contributed by atoms with Gasteiger partial charge in [-0.2, -0.15) is 0 Å². The van der Waals surface area contributed by atoms with Crippen LogP contribution in [0.3, 0.4) is 0 Å². The Morgan fingerprint density at radius 3 is 1.31 bits per heavy atom. The summed E-state index contributed by atoms with van der Waals surface area (Å²) in [7, 11) is 0. The van der Waals surface area contributed by atoms with Crippen molar-refractivity contribution in [3.63, 3.8) is 0 Å². The summed E-state index contributed by atoms with van der Waals surface area (Å²) in [5.74, 6) is 1.57. The molecule has 80 valence electrons. The summed E-state index contributed by atoms with van der Waals surface area (Å²) in [6, 6.07) is 1.29. The van der Waals surface area contributed by atoms with E-state index in [1.165, 1.54) is 12.8 Å². The molecule has 0 saturated heterocycles. The molecule has 0 aliphatic carbocycles. The molecule has 0 aliphatic rings. The van der Waals surface area contributed by atoms with Gasteiger partial charge in [-0.3, -0.25) is 0 Å². The highest BCUT2D eigenvalue weighted by molar-refractivity contribution is 4.74. The number of hydrogen-bond acceptors (Lipinski definition) is 1. The predicted octanol–water partition coefficient (Wildman–Crippen LogP) is 3.45. The summed E-state index contributed by atoms with van der Waals surface area (Å²) in [6.45, 7) is 13.8. The molecule has 1 nitrogen and oxygen atoms in total. The van der Waals surface area contributed by atoms with E-state index in [2.05, 4.69) is 46.9 Å². The van der Waals surface area contributed by atoms with E-state index < -0.39 is 0 Å². The maximum absolute atomic E-state index is 3.68. The molecule has 0 fully saturated rings. The second-order valence-corrected chi connectivity index (χ2v) is 4.52. The fourth-order valence-corrected chi connectivity index (χ4v) is 1.45. The zero-order valence-electron chi connectivity index (χ0n) is 10.2. The van der Waals surface area contributed by atoms with Crippen LogP contribution < -0.4 is 5.32 Å². The Bertz CT molecular complexity index is 108. The molecule has 0 rings (SSSR count). The summed E-state index contributed by atoms with van der Waals surface area (Å²) < 4.78 is 0. The number of rotatable bonds is 6. The Morgan fingerprint density at radius 2 is 1.08 bits per heavy atom. The van der Waals surface area contributed by atoms with Crippen molar-refractivity contribution in [3.05, 3.63) is 0 Å². The van der Waals surface area contributed by atoms with Crippen LogP contribution in [0.5, 0.6) is 0 Å². The van der Waals surface area contributed by atoms with Crippen molar-refractivity contribution in [2.24, 2.45) is 11.8 Å². The van der Waals surface area contributed by atoms with E-state index in [9.17, 15) is 0 Å². The first kappa shape index (κ1) is 13.0. The Morgan fingerprint density at radius 1 is 0.769 bits per heavy atom. The molecule has 13 heavy (non-hydrogen) atoms. The van der Waals surface area contributed by atoms with Gasteiger partial charge in [0, 0.05) is 12.1 Å². The third kappa shape index (κ3) is 4.66. The lowest BCUT2D eigenvalue weighted by Crippen LogP contribution is -2.41. The highest BCUT2D eigenvalue weighted by Gasteiger charge is 2.15. The van der Waals surface area contributed by atoms with Crippen molar-refractivity contribution < 1.29 is 0 Å². The zero-order chi connectivity index (χ0) is 10.4. The molecule has 1 heteroatoms. The number of nitrogens with one attached hydrogen (secondary N) is 1. The van der Waals surface area contributed by atoms with Gasteiger partial charge in [-0.05, 0) is 25.7 Å². The summed E-state index contributed by atoms with van der Waals surface area (Å²) in [6.07, 6.45) is 2.53. The van der Waals surface area contributed by atoms with Gasteiger partial charge in [0.25, 0.3) is 0 Å². The van der Waals surface area contributed by atoms with E-state index in [0.717, 1.165) is 11.8 Å². The van der Waals surface area contributed by atoms with Crippen molar-refractivity contribution in [1.82, 2.24) is 5.32 Å². The van der Waals surface area contributed by atoms with Crippen LogP contribution in [0.1, 0.15) is 54.4 Å². The van der Waals surface area contributed by atoms with Gasteiger partial charge in [0.2, 0.25) is 0 Å². The van der Waals surface area contributed by atoms with Crippen molar-refractivity contribution in [2.75, 3.05) is 0 Å². The van der Waals surface area contributed by atoms with E-state index in [0.29, 0.717) is 12.1 Å². The van der Waals surface area contributed by atoms with E-state index in [4.69, 9.17) is 0 Å². The van der Waals surface area contributed by atoms with Gasteiger partial charge < -0.3 is 5.32 Å². The average molecular weight is 185 g/mol. The second kappa shape index (κ2) is 6.42. The maximum Gasteiger partial charge on any atom is 0.00668 e. The van der Waals surface area contributed by atoms with Gasteiger partial charge in [-0.25, -0.2) is 0 Å². The van der Waals surface area contributed by atoms with Gasteiger partial charge in [-0.1, -0.05) is 40.5 Å². The minimum Gasteiger partial charge on any atom is -0.311 e. The third-order valence-electron chi connectivity index (χ3n) is 3.52. The van der Waals surface area contributed by atoms with E-state index >= 15 is 0 Å². The molecule has 0 heterocycles. The summed E-state index contributed by atoms with van der Waals surface area (Å²) in [5, 5.41) is 3.68. The van der Waals surface area contributed by atoms with Crippen LogP contribution in [-0.4, -0.2) is 12.1 Å². The van der Waals surface area contributed by atoms with Crippen LogP contribution in [0.25, 0.3) is 0 Å². The van der Waals surface area contributed by atoms with E-state index in [-0.39, 0.29) is 0 Å². The standard InChI is InChI=1S/C12H27N/c1-7-9(3)11(5)13-12(6)10(4)8-2/h9-13H,7-8H2,1-6H3. The van der Waals surface area contributed by atoms with Crippen molar-refractivity contribution in [2.45, 2.75) is 66.5 Å². The summed E-state index contributed by atoms with van der Waals surface area (Å²) >= 11 is 0. The fourth-order valence-electron chi connectivity index (χ4n) is 1.45. The predicted molar refractivity (Wildman–Crippen MR) is 61.0 cm³/mol. The molecule has 0 aromatic rings. The lowest BCUT2D eigenvalue weighted by molar-refractivity contribution is 0.303.